The Labute approximate surface area is 117 Å². The summed E-state index contributed by atoms with van der Waals surface area (Å²) in [5, 5.41) is 4.49. The van der Waals surface area contributed by atoms with Gasteiger partial charge in [0.05, 0.1) is 12.8 Å². The first kappa shape index (κ1) is 12.4. The van der Waals surface area contributed by atoms with Gasteiger partial charge in [0.15, 0.2) is 5.82 Å². The molecule has 0 bridgehead atoms. The molecule has 3 rings (SSSR count). The number of methoxy groups -OCH3 is 1. The minimum absolute atomic E-state index is 0.712. The molecule has 100 valence electrons. The molecular weight excluding hydrogens is 250 g/mol. The van der Waals surface area contributed by atoms with Gasteiger partial charge in [-0.25, -0.2) is 9.67 Å². The molecule has 0 N–H and O–H groups in total. The van der Waals surface area contributed by atoms with Gasteiger partial charge < -0.3 is 4.74 Å². The van der Waals surface area contributed by atoms with E-state index in [-0.39, 0.29) is 0 Å². The second-order valence-electron chi connectivity index (χ2n) is 4.47. The van der Waals surface area contributed by atoms with Gasteiger partial charge in [0.2, 0.25) is 0 Å². The normalized spacial score (nSPS) is 10.4. The number of hydrogen-bond acceptors (Lipinski definition) is 3. The SMILES string of the molecule is COc1ccc(Cc2ncn(-c3ccccc3)n2)cc1. The third kappa shape index (κ3) is 2.69. The Hall–Kier alpha value is -2.62. The van der Waals surface area contributed by atoms with Crippen molar-refractivity contribution in [2.45, 2.75) is 6.42 Å². The summed E-state index contributed by atoms with van der Waals surface area (Å²) in [6.07, 6.45) is 2.46. The summed E-state index contributed by atoms with van der Waals surface area (Å²) in [4.78, 5) is 4.35. The first-order valence-electron chi connectivity index (χ1n) is 6.44. The van der Waals surface area contributed by atoms with Crippen LogP contribution >= 0.6 is 0 Å². The van der Waals surface area contributed by atoms with Crippen LogP contribution in [0.1, 0.15) is 11.4 Å². The van der Waals surface area contributed by atoms with Crippen molar-refractivity contribution in [3.63, 3.8) is 0 Å². The summed E-state index contributed by atoms with van der Waals surface area (Å²) in [5.74, 6) is 1.66. The summed E-state index contributed by atoms with van der Waals surface area (Å²) < 4.78 is 6.94. The molecule has 0 aliphatic heterocycles. The van der Waals surface area contributed by atoms with Crippen LogP contribution in [-0.4, -0.2) is 21.9 Å². The van der Waals surface area contributed by atoms with E-state index in [9.17, 15) is 0 Å². The molecule has 2 aromatic carbocycles. The van der Waals surface area contributed by atoms with Crippen molar-refractivity contribution >= 4 is 0 Å². The maximum absolute atomic E-state index is 5.15. The zero-order chi connectivity index (χ0) is 13.8. The lowest BCUT2D eigenvalue weighted by Gasteiger charge is -2.01. The fourth-order valence-corrected chi connectivity index (χ4v) is 2.01. The maximum atomic E-state index is 5.15. The third-order valence-corrected chi connectivity index (χ3v) is 3.08. The van der Waals surface area contributed by atoms with E-state index in [0.29, 0.717) is 6.42 Å². The average molecular weight is 265 g/mol. The largest absolute Gasteiger partial charge is 0.497 e. The van der Waals surface area contributed by atoms with E-state index in [2.05, 4.69) is 10.1 Å². The smallest absolute Gasteiger partial charge is 0.155 e. The van der Waals surface area contributed by atoms with Crippen molar-refractivity contribution in [1.29, 1.82) is 0 Å². The highest BCUT2D eigenvalue weighted by Crippen LogP contribution is 2.13. The quantitative estimate of drug-likeness (QED) is 0.728. The van der Waals surface area contributed by atoms with E-state index in [4.69, 9.17) is 4.74 Å². The molecule has 0 aliphatic rings. The van der Waals surface area contributed by atoms with Crippen LogP contribution in [-0.2, 0) is 6.42 Å². The molecular formula is C16H15N3O. The molecule has 3 aromatic rings. The van der Waals surface area contributed by atoms with E-state index in [1.165, 1.54) is 0 Å². The summed E-state index contributed by atoms with van der Waals surface area (Å²) >= 11 is 0. The van der Waals surface area contributed by atoms with E-state index in [1.54, 1.807) is 18.1 Å². The van der Waals surface area contributed by atoms with Crippen molar-refractivity contribution in [1.82, 2.24) is 14.8 Å². The van der Waals surface area contributed by atoms with E-state index >= 15 is 0 Å². The number of ether oxygens (including phenoxy) is 1. The molecule has 0 unspecified atom stereocenters. The van der Waals surface area contributed by atoms with Gasteiger partial charge in [-0.3, -0.25) is 0 Å². The Bertz CT molecular complexity index is 674. The maximum Gasteiger partial charge on any atom is 0.155 e. The number of hydrogen-bond donors (Lipinski definition) is 0. The molecule has 20 heavy (non-hydrogen) atoms. The summed E-state index contributed by atoms with van der Waals surface area (Å²) in [5.41, 5.74) is 2.18. The predicted molar refractivity (Wildman–Crippen MR) is 77.2 cm³/mol. The van der Waals surface area contributed by atoms with Crippen molar-refractivity contribution in [3.8, 4) is 11.4 Å². The number of para-hydroxylation sites is 1. The minimum atomic E-state index is 0.712. The van der Waals surface area contributed by atoms with Crippen LogP contribution < -0.4 is 4.74 Å². The highest BCUT2D eigenvalue weighted by Gasteiger charge is 2.04. The molecule has 0 amide bonds. The monoisotopic (exact) mass is 265 g/mol. The molecule has 1 heterocycles. The summed E-state index contributed by atoms with van der Waals surface area (Å²) in [6, 6.07) is 17.9. The third-order valence-electron chi connectivity index (χ3n) is 3.08. The average Bonchev–Trinajstić information content (AvgIpc) is 2.97. The predicted octanol–water partition coefficient (Wildman–Crippen LogP) is 2.87. The van der Waals surface area contributed by atoms with Gasteiger partial charge in [-0.15, -0.1) is 0 Å². The summed E-state index contributed by atoms with van der Waals surface area (Å²) in [6.45, 7) is 0. The van der Waals surface area contributed by atoms with E-state index < -0.39 is 0 Å². The molecule has 0 aliphatic carbocycles. The van der Waals surface area contributed by atoms with Gasteiger partial charge >= 0.3 is 0 Å². The molecule has 4 heteroatoms. The van der Waals surface area contributed by atoms with Crippen LogP contribution in [0.25, 0.3) is 5.69 Å². The van der Waals surface area contributed by atoms with Crippen molar-refractivity contribution < 1.29 is 4.74 Å². The molecule has 0 saturated heterocycles. The van der Waals surface area contributed by atoms with Gasteiger partial charge in [0.1, 0.15) is 12.1 Å². The van der Waals surface area contributed by atoms with E-state index in [0.717, 1.165) is 22.8 Å². The lowest BCUT2D eigenvalue weighted by molar-refractivity contribution is 0.414. The number of nitrogens with zero attached hydrogens (tertiary/aromatic N) is 3. The highest BCUT2D eigenvalue weighted by molar-refractivity contribution is 5.31. The fourth-order valence-electron chi connectivity index (χ4n) is 2.01. The standard InChI is InChI=1S/C16H15N3O/c1-20-15-9-7-13(8-10-15)11-16-17-12-19(18-16)14-5-3-2-4-6-14/h2-10,12H,11H2,1H3. The van der Waals surface area contributed by atoms with Gasteiger partial charge in [0, 0.05) is 6.42 Å². The molecule has 0 radical (unpaired) electrons. The van der Waals surface area contributed by atoms with Crippen LogP contribution in [0.4, 0.5) is 0 Å². The second-order valence-corrected chi connectivity index (χ2v) is 4.47. The van der Waals surface area contributed by atoms with E-state index in [1.807, 2.05) is 54.6 Å². The van der Waals surface area contributed by atoms with Crippen molar-refractivity contribution in [3.05, 3.63) is 72.3 Å². The Morgan fingerprint density at radius 1 is 1.00 bits per heavy atom. The van der Waals surface area contributed by atoms with Crippen LogP contribution in [0.5, 0.6) is 5.75 Å². The second kappa shape index (κ2) is 5.57. The molecule has 0 atom stereocenters. The van der Waals surface area contributed by atoms with Crippen LogP contribution in [0, 0.1) is 0 Å². The Morgan fingerprint density at radius 2 is 1.75 bits per heavy atom. The van der Waals surface area contributed by atoms with Crippen molar-refractivity contribution in [2.24, 2.45) is 0 Å². The lowest BCUT2D eigenvalue weighted by Crippen LogP contribution is -1.96. The lowest BCUT2D eigenvalue weighted by atomic mass is 10.1. The van der Waals surface area contributed by atoms with Crippen LogP contribution in [0.3, 0.4) is 0 Å². The molecule has 0 fully saturated rings. The molecule has 0 saturated carbocycles. The summed E-state index contributed by atoms with van der Waals surface area (Å²) in [7, 11) is 1.66. The number of rotatable bonds is 4. The number of benzene rings is 2. The highest BCUT2D eigenvalue weighted by atomic mass is 16.5. The zero-order valence-corrected chi connectivity index (χ0v) is 11.2. The van der Waals surface area contributed by atoms with Gasteiger partial charge in [0.25, 0.3) is 0 Å². The van der Waals surface area contributed by atoms with Crippen molar-refractivity contribution in [2.75, 3.05) is 7.11 Å². The minimum Gasteiger partial charge on any atom is -0.497 e. The van der Waals surface area contributed by atoms with Gasteiger partial charge in [-0.1, -0.05) is 30.3 Å². The van der Waals surface area contributed by atoms with Gasteiger partial charge in [-0.05, 0) is 29.8 Å². The van der Waals surface area contributed by atoms with Crippen LogP contribution in [0.15, 0.2) is 60.9 Å². The number of aromatic nitrogens is 3. The molecule has 1 aromatic heterocycles. The first-order chi connectivity index (χ1) is 9.85. The molecule has 0 spiro atoms. The Kier molecular flexibility index (Phi) is 3.46. The topological polar surface area (TPSA) is 39.9 Å². The first-order valence-corrected chi connectivity index (χ1v) is 6.44. The van der Waals surface area contributed by atoms with Gasteiger partial charge in [-0.2, -0.15) is 5.10 Å². The molecule has 4 nitrogen and oxygen atoms in total. The zero-order valence-electron chi connectivity index (χ0n) is 11.2. The van der Waals surface area contributed by atoms with Crippen LogP contribution in [0.2, 0.25) is 0 Å². The Balaban J connectivity index is 1.77. The fraction of sp³-hybridized carbons (Fsp3) is 0.125. The Morgan fingerprint density at radius 3 is 2.45 bits per heavy atom.